The molecule has 1 heterocycles. The van der Waals surface area contributed by atoms with Crippen molar-refractivity contribution in [3.05, 3.63) is 70.9 Å². The summed E-state index contributed by atoms with van der Waals surface area (Å²) in [5, 5.41) is 4.64. The lowest BCUT2D eigenvalue weighted by atomic mass is 10.1. The summed E-state index contributed by atoms with van der Waals surface area (Å²) in [5.74, 6) is -0.140. The summed E-state index contributed by atoms with van der Waals surface area (Å²) in [6.07, 6.45) is 0. The van der Waals surface area contributed by atoms with Gasteiger partial charge in [-0.05, 0) is 30.7 Å². The zero-order valence-corrected chi connectivity index (χ0v) is 12.3. The highest BCUT2D eigenvalue weighted by atomic mass is 35.5. The molecule has 1 amide bonds. The number of nitrogens with one attached hydrogen (secondary N) is 2. The van der Waals surface area contributed by atoms with Crippen molar-refractivity contribution in [2.24, 2.45) is 0 Å². The van der Waals surface area contributed by atoms with E-state index in [2.05, 4.69) is 10.3 Å². The first-order chi connectivity index (χ1) is 10.1. The van der Waals surface area contributed by atoms with Crippen molar-refractivity contribution >= 4 is 28.4 Å². The molecule has 0 aliphatic heterocycles. The van der Waals surface area contributed by atoms with Crippen LogP contribution in [-0.4, -0.2) is 10.9 Å². The number of halogens is 1. The van der Waals surface area contributed by atoms with Gasteiger partial charge in [0, 0.05) is 15.9 Å². The van der Waals surface area contributed by atoms with Crippen LogP contribution in [0.4, 0.5) is 0 Å². The molecular weight excluding hydrogens is 284 g/mol. The molecule has 0 radical (unpaired) electrons. The van der Waals surface area contributed by atoms with Gasteiger partial charge in [-0.25, -0.2) is 0 Å². The molecule has 106 valence electrons. The first kappa shape index (κ1) is 13.7. The zero-order chi connectivity index (χ0) is 14.8. The molecule has 21 heavy (non-hydrogen) atoms. The van der Waals surface area contributed by atoms with E-state index < -0.39 is 0 Å². The Morgan fingerprint density at radius 1 is 1.14 bits per heavy atom. The van der Waals surface area contributed by atoms with Gasteiger partial charge in [-0.15, -0.1) is 0 Å². The van der Waals surface area contributed by atoms with Gasteiger partial charge < -0.3 is 10.3 Å². The molecule has 4 heteroatoms. The van der Waals surface area contributed by atoms with E-state index in [1.165, 1.54) is 0 Å². The van der Waals surface area contributed by atoms with Crippen molar-refractivity contribution in [2.75, 3.05) is 0 Å². The van der Waals surface area contributed by atoms with Gasteiger partial charge in [-0.2, -0.15) is 0 Å². The Labute approximate surface area is 127 Å². The van der Waals surface area contributed by atoms with E-state index in [0.717, 1.165) is 16.5 Å². The first-order valence-corrected chi connectivity index (χ1v) is 7.16. The average Bonchev–Trinajstić information content (AvgIpc) is 2.91. The van der Waals surface area contributed by atoms with Gasteiger partial charge in [0.15, 0.2) is 0 Å². The number of carbonyl (C=O) groups is 1. The molecule has 0 bridgehead atoms. The lowest BCUT2D eigenvalue weighted by Gasteiger charge is -2.15. The summed E-state index contributed by atoms with van der Waals surface area (Å²) < 4.78 is 0. The minimum absolute atomic E-state index is 0.140. The molecule has 0 aliphatic rings. The Kier molecular flexibility index (Phi) is 3.67. The Balaban J connectivity index is 1.81. The minimum Gasteiger partial charge on any atom is -0.351 e. The number of hydrogen-bond acceptors (Lipinski definition) is 1. The average molecular weight is 299 g/mol. The number of H-pyrrole nitrogens is 1. The number of carbonyl (C=O) groups excluding carboxylic acids is 1. The molecule has 1 aromatic heterocycles. The minimum atomic E-state index is -0.155. The fourth-order valence-corrected chi connectivity index (χ4v) is 2.67. The number of aromatic amines is 1. The van der Waals surface area contributed by atoms with Crippen LogP contribution in [-0.2, 0) is 0 Å². The van der Waals surface area contributed by atoms with E-state index >= 15 is 0 Å². The number of aromatic nitrogens is 1. The van der Waals surface area contributed by atoms with E-state index in [1.54, 1.807) is 0 Å². The van der Waals surface area contributed by atoms with Crippen LogP contribution in [0.15, 0.2) is 54.6 Å². The van der Waals surface area contributed by atoms with E-state index in [1.807, 2.05) is 61.5 Å². The maximum atomic E-state index is 12.3. The Bertz CT molecular complexity index is 761. The summed E-state index contributed by atoms with van der Waals surface area (Å²) in [7, 11) is 0. The quantitative estimate of drug-likeness (QED) is 0.743. The molecule has 0 fully saturated rings. The van der Waals surface area contributed by atoms with Crippen LogP contribution in [0.5, 0.6) is 0 Å². The molecule has 3 nitrogen and oxygen atoms in total. The molecule has 0 saturated carbocycles. The Hall–Kier alpha value is -2.26. The van der Waals surface area contributed by atoms with Crippen molar-refractivity contribution in [3.63, 3.8) is 0 Å². The van der Waals surface area contributed by atoms with Gasteiger partial charge in [0.05, 0.1) is 6.04 Å². The van der Waals surface area contributed by atoms with E-state index in [0.29, 0.717) is 10.7 Å². The number of hydrogen-bond donors (Lipinski definition) is 2. The molecule has 2 aromatic carbocycles. The molecule has 0 saturated heterocycles. The molecule has 0 spiro atoms. The van der Waals surface area contributed by atoms with Gasteiger partial charge in [0.25, 0.3) is 5.91 Å². The summed E-state index contributed by atoms with van der Waals surface area (Å²) in [4.78, 5) is 15.4. The molecule has 1 unspecified atom stereocenters. The number of benzene rings is 2. The first-order valence-electron chi connectivity index (χ1n) is 6.78. The van der Waals surface area contributed by atoms with Crippen molar-refractivity contribution < 1.29 is 4.79 Å². The smallest absolute Gasteiger partial charge is 0.268 e. The van der Waals surface area contributed by atoms with Gasteiger partial charge in [-0.3, -0.25) is 4.79 Å². The van der Waals surface area contributed by atoms with Crippen molar-refractivity contribution in [1.82, 2.24) is 10.3 Å². The number of fused-ring (bicyclic) bond motifs is 1. The van der Waals surface area contributed by atoms with E-state index in [-0.39, 0.29) is 11.9 Å². The second-order valence-corrected chi connectivity index (χ2v) is 5.39. The third kappa shape index (κ3) is 2.78. The van der Waals surface area contributed by atoms with Crippen LogP contribution >= 0.6 is 11.6 Å². The number of para-hydroxylation sites is 1. The van der Waals surface area contributed by atoms with Crippen LogP contribution in [0.1, 0.15) is 29.0 Å². The van der Waals surface area contributed by atoms with E-state index in [9.17, 15) is 4.79 Å². The highest BCUT2D eigenvalue weighted by Crippen LogP contribution is 2.23. The standard InChI is InChI=1S/C17H15ClN2O/c1-11(13-7-3-4-8-14(13)18)19-17(21)16-10-12-6-2-5-9-15(12)20-16/h2-11,20H,1H3,(H,19,21). The third-order valence-electron chi connectivity index (χ3n) is 3.49. The summed E-state index contributed by atoms with van der Waals surface area (Å²) in [6, 6.07) is 17.0. The zero-order valence-electron chi connectivity index (χ0n) is 11.6. The topological polar surface area (TPSA) is 44.9 Å². The Morgan fingerprint density at radius 2 is 1.86 bits per heavy atom. The van der Waals surface area contributed by atoms with Crippen LogP contribution in [0.25, 0.3) is 10.9 Å². The van der Waals surface area contributed by atoms with Crippen LogP contribution in [0, 0.1) is 0 Å². The normalized spacial score (nSPS) is 12.3. The third-order valence-corrected chi connectivity index (χ3v) is 3.84. The van der Waals surface area contributed by atoms with Gasteiger partial charge in [0.1, 0.15) is 5.69 Å². The molecule has 1 atom stereocenters. The monoisotopic (exact) mass is 298 g/mol. The maximum absolute atomic E-state index is 12.3. The van der Waals surface area contributed by atoms with Crippen molar-refractivity contribution in [2.45, 2.75) is 13.0 Å². The van der Waals surface area contributed by atoms with Crippen molar-refractivity contribution in [3.8, 4) is 0 Å². The molecule has 0 aliphatic carbocycles. The molecular formula is C17H15ClN2O. The second kappa shape index (κ2) is 5.62. The predicted octanol–water partition coefficient (Wildman–Crippen LogP) is 4.31. The highest BCUT2D eigenvalue weighted by Gasteiger charge is 2.15. The van der Waals surface area contributed by atoms with Crippen LogP contribution < -0.4 is 5.32 Å². The fraction of sp³-hybridized carbons (Fsp3) is 0.118. The Morgan fingerprint density at radius 3 is 2.62 bits per heavy atom. The molecule has 3 rings (SSSR count). The van der Waals surface area contributed by atoms with Crippen LogP contribution in [0.3, 0.4) is 0 Å². The largest absolute Gasteiger partial charge is 0.351 e. The predicted molar refractivity (Wildman–Crippen MR) is 85.6 cm³/mol. The fourth-order valence-electron chi connectivity index (χ4n) is 2.37. The van der Waals surface area contributed by atoms with Gasteiger partial charge in [0.2, 0.25) is 0 Å². The number of rotatable bonds is 3. The summed E-state index contributed by atoms with van der Waals surface area (Å²) >= 11 is 6.15. The van der Waals surface area contributed by atoms with Gasteiger partial charge >= 0.3 is 0 Å². The lowest BCUT2D eigenvalue weighted by molar-refractivity contribution is 0.0935. The summed E-state index contributed by atoms with van der Waals surface area (Å²) in [6.45, 7) is 1.92. The highest BCUT2D eigenvalue weighted by molar-refractivity contribution is 6.31. The molecule has 3 aromatic rings. The van der Waals surface area contributed by atoms with Gasteiger partial charge in [-0.1, -0.05) is 48.0 Å². The van der Waals surface area contributed by atoms with Crippen LogP contribution in [0.2, 0.25) is 5.02 Å². The van der Waals surface area contributed by atoms with Crippen molar-refractivity contribution in [1.29, 1.82) is 0 Å². The molecule has 2 N–H and O–H groups in total. The SMILES string of the molecule is CC(NC(=O)c1cc2ccccc2[nH]1)c1ccccc1Cl. The maximum Gasteiger partial charge on any atom is 0.268 e. The number of amides is 1. The summed E-state index contributed by atoms with van der Waals surface area (Å²) in [5.41, 5.74) is 2.41. The second-order valence-electron chi connectivity index (χ2n) is 4.99. The van der Waals surface area contributed by atoms with E-state index in [4.69, 9.17) is 11.6 Å². The lowest BCUT2D eigenvalue weighted by Crippen LogP contribution is -2.27.